The smallest absolute Gasteiger partial charge is 0.295 e. The van der Waals surface area contributed by atoms with E-state index in [1.54, 1.807) is 47.4 Å². The van der Waals surface area contributed by atoms with Gasteiger partial charge in [0.15, 0.2) is 11.5 Å². The second kappa shape index (κ2) is 11.8. The molecule has 1 amide bonds. The standard InChI is InChI=1S/C27H31ClN2O6/c1-3-36-21-10-7-19(17-22(21)34-2)24-23(25(31)18-5-8-20(28)9-6-18)26(32)27(33)30(24)12-4-11-29-13-15-35-16-14-29/h5-10,17,24,31H,3-4,11-16H2,1-2H3/t24-/m0/s1. The van der Waals surface area contributed by atoms with Crippen molar-refractivity contribution in [2.24, 2.45) is 0 Å². The summed E-state index contributed by atoms with van der Waals surface area (Å²) in [6.07, 6.45) is 0.679. The van der Waals surface area contributed by atoms with Crippen LogP contribution in [0.5, 0.6) is 11.5 Å². The molecule has 2 aromatic carbocycles. The van der Waals surface area contributed by atoms with Crippen LogP contribution in [0.3, 0.4) is 0 Å². The molecule has 2 saturated heterocycles. The third-order valence-electron chi connectivity index (χ3n) is 6.44. The number of hydrogen-bond donors (Lipinski definition) is 1. The van der Waals surface area contributed by atoms with Crippen molar-refractivity contribution in [2.45, 2.75) is 19.4 Å². The van der Waals surface area contributed by atoms with Crippen molar-refractivity contribution < 1.29 is 28.9 Å². The average Bonchev–Trinajstić information content (AvgIpc) is 3.15. The van der Waals surface area contributed by atoms with Crippen LogP contribution in [0.4, 0.5) is 0 Å². The van der Waals surface area contributed by atoms with E-state index >= 15 is 0 Å². The predicted octanol–water partition coefficient (Wildman–Crippen LogP) is 3.89. The number of likely N-dealkylation sites (tertiary alicyclic amines) is 1. The van der Waals surface area contributed by atoms with Crippen molar-refractivity contribution in [1.82, 2.24) is 9.80 Å². The van der Waals surface area contributed by atoms with Gasteiger partial charge in [0.25, 0.3) is 11.7 Å². The lowest BCUT2D eigenvalue weighted by molar-refractivity contribution is -0.140. The van der Waals surface area contributed by atoms with E-state index < -0.39 is 17.7 Å². The van der Waals surface area contributed by atoms with Crippen LogP contribution in [0, 0.1) is 0 Å². The first-order valence-electron chi connectivity index (χ1n) is 12.1. The summed E-state index contributed by atoms with van der Waals surface area (Å²) in [4.78, 5) is 30.3. The van der Waals surface area contributed by atoms with Gasteiger partial charge in [0, 0.05) is 36.8 Å². The summed E-state index contributed by atoms with van der Waals surface area (Å²) >= 11 is 6.01. The predicted molar refractivity (Wildman–Crippen MR) is 137 cm³/mol. The van der Waals surface area contributed by atoms with Crippen LogP contribution in [-0.2, 0) is 14.3 Å². The van der Waals surface area contributed by atoms with E-state index in [1.807, 2.05) is 6.92 Å². The molecule has 2 aliphatic heterocycles. The summed E-state index contributed by atoms with van der Waals surface area (Å²) in [6.45, 7) is 6.55. The van der Waals surface area contributed by atoms with Crippen LogP contribution in [0.15, 0.2) is 48.0 Å². The zero-order chi connectivity index (χ0) is 25.7. The molecule has 2 aliphatic rings. The van der Waals surface area contributed by atoms with Gasteiger partial charge in [-0.2, -0.15) is 0 Å². The van der Waals surface area contributed by atoms with Gasteiger partial charge in [-0.15, -0.1) is 0 Å². The monoisotopic (exact) mass is 514 g/mol. The molecule has 1 N–H and O–H groups in total. The number of methoxy groups -OCH3 is 1. The summed E-state index contributed by atoms with van der Waals surface area (Å²) in [6, 6.07) is 11.1. The van der Waals surface area contributed by atoms with E-state index in [2.05, 4.69) is 4.90 Å². The SMILES string of the molecule is CCOc1ccc([C@H]2C(=C(O)c3ccc(Cl)cc3)C(=O)C(=O)N2CCCN2CCOCC2)cc1OC. The Morgan fingerprint density at radius 2 is 1.81 bits per heavy atom. The molecule has 2 heterocycles. The zero-order valence-electron chi connectivity index (χ0n) is 20.5. The maximum Gasteiger partial charge on any atom is 0.295 e. The summed E-state index contributed by atoms with van der Waals surface area (Å²) in [5.74, 6) is -0.541. The maximum atomic E-state index is 13.3. The number of benzene rings is 2. The lowest BCUT2D eigenvalue weighted by Gasteiger charge is -2.29. The minimum atomic E-state index is -0.769. The van der Waals surface area contributed by atoms with Crippen LogP contribution in [0.25, 0.3) is 5.76 Å². The first-order valence-corrected chi connectivity index (χ1v) is 12.5. The molecule has 4 rings (SSSR count). The molecular weight excluding hydrogens is 484 g/mol. The van der Waals surface area contributed by atoms with Gasteiger partial charge in [-0.25, -0.2) is 0 Å². The second-order valence-corrected chi connectivity index (χ2v) is 9.09. The molecule has 2 aromatic rings. The van der Waals surface area contributed by atoms with Crippen LogP contribution < -0.4 is 9.47 Å². The minimum absolute atomic E-state index is 0.0416. The molecule has 8 nitrogen and oxygen atoms in total. The van der Waals surface area contributed by atoms with E-state index in [-0.39, 0.29) is 11.3 Å². The van der Waals surface area contributed by atoms with E-state index in [4.69, 9.17) is 25.8 Å². The van der Waals surface area contributed by atoms with Gasteiger partial charge in [-0.3, -0.25) is 14.5 Å². The fourth-order valence-electron chi connectivity index (χ4n) is 4.64. The number of aliphatic hydroxyl groups excluding tert-OH is 1. The normalized spacial score (nSPS) is 20.1. The second-order valence-electron chi connectivity index (χ2n) is 8.65. The first kappa shape index (κ1) is 26.0. The summed E-state index contributed by atoms with van der Waals surface area (Å²) < 4.78 is 16.6. The van der Waals surface area contributed by atoms with Gasteiger partial charge in [-0.05, 0) is 55.3 Å². The number of morpholine rings is 1. The Hall–Kier alpha value is -3.07. The van der Waals surface area contributed by atoms with E-state index in [0.717, 1.165) is 19.6 Å². The largest absolute Gasteiger partial charge is 0.507 e. The Balaban J connectivity index is 1.71. The number of ether oxygens (including phenoxy) is 3. The molecule has 0 aliphatic carbocycles. The average molecular weight is 515 g/mol. The molecule has 1 atom stereocenters. The van der Waals surface area contributed by atoms with Gasteiger partial charge < -0.3 is 24.2 Å². The van der Waals surface area contributed by atoms with Gasteiger partial charge >= 0.3 is 0 Å². The van der Waals surface area contributed by atoms with E-state index in [0.29, 0.717) is 60.4 Å². The van der Waals surface area contributed by atoms with Crippen LogP contribution in [-0.4, -0.2) is 79.7 Å². The Labute approximate surface area is 216 Å². The number of hydrogen-bond acceptors (Lipinski definition) is 7. The molecule has 2 fully saturated rings. The highest BCUT2D eigenvalue weighted by molar-refractivity contribution is 6.46. The van der Waals surface area contributed by atoms with Crippen molar-refractivity contribution in [3.63, 3.8) is 0 Å². The lowest BCUT2D eigenvalue weighted by Crippen LogP contribution is -2.39. The van der Waals surface area contributed by atoms with Crippen molar-refractivity contribution >= 4 is 29.1 Å². The fourth-order valence-corrected chi connectivity index (χ4v) is 4.76. The number of amides is 1. The number of Topliss-reactive ketones (excluding diaryl/α,β-unsaturated/α-hetero) is 1. The third kappa shape index (κ3) is 5.51. The number of ketones is 1. The summed E-state index contributed by atoms with van der Waals surface area (Å²) in [7, 11) is 1.54. The van der Waals surface area contributed by atoms with Crippen LogP contribution in [0.1, 0.15) is 30.5 Å². The van der Waals surface area contributed by atoms with E-state index in [9.17, 15) is 14.7 Å². The Morgan fingerprint density at radius 1 is 1.08 bits per heavy atom. The highest BCUT2D eigenvalue weighted by Crippen LogP contribution is 2.42. The molecule has 0 spiro atoms. The molecule has 9 heteroatoms. The zero-order valence-corrected chi connectivity index (χ0v) is 21.3. The fraction of sp³-hybridized carbons (Fsp3) is 0.407. The molecule has 0 saturated carbocycles. The number of carbonyl (C=O) groups excluding carboxylic acids is 2. The molecule has 0 aromatic heterocycles. The Morgan fingerprint density at radius 3 is 2.47 bits per heavy atom. The number of carbonyl (C=O) groups is 2. The van der Waals surface area contributed by atoms with Crippen molar-refractivity contribution in [3.8, 4) is 11.5 Å². The van der Waals surface area contributed by atoms with Crippen LogP contribution in [0.2, 0.25) is 5.02 Å². The Bertz CT molecular complexity index is 1130. The molecule has 36 heavy (non-hydrogen) atoms. The number of nitrogens with zero attached hydrogens (tertiary/aromatic N) is 2. The number of halogens is 1. The quantitative estimate of drug-likeness (QED) is 0.308. The van der Waals surface area contributed by atoms with E-state index in [1.165, 1.54) is 7.11 Å². The van der Waals surface area contributed by atoms with Gasteiger partial charge in [0.2, 0.25) is 0 Å². The highest BCUT2D eigenvalue weighted by Gasteiger charge is 2.46. The highest BCUT2D eigenvalue weighted by atomic mass is 35.5. The maximum absolute atomic E-state index is 13.3. The summed E-state index contributed by atoms with van der Waals surface area (Å²) in [5, 5.41) is 11.7. The number of rotatable bonds is 9. The van der Waals surface area contributed by atoms with Gasteiger partial charge in [0.1, 0.15) is 5.76 Å². The molecule has 0 radical (unpaired) electrons. The van der Waals surface area contributed by atoms with Crippen LogP contribution >= 0.6 is 11.6 Å². The van der Waals surface area contributed by atoms with Crippen molar-refractivity contribution in [1.29, 1.82) is 0 Å². The topological polar surface area (TPSA) is 88.5 Å². The molecular formula is C27H31ClN2O6. The van der Waals surface area contributed by atoms with Gasteiger partial charge in [0.05, 0.1) is 38.5 Å². The van der Waals surface area contributed by atoms with Crippen molar-refractivity contribution in [2.75, 3.05) is 53.1 Å². The first-order chi connectivity index (χ1) is 17.4. The summed E-state index contributed by atoms with van der Waals surface area (Å²) in [5.41, 5.74) is 1.10. The lowest BCUT2D eigenvalue weighted by atomic mass is 9.95. The molecule has 0 unspecified atom stereocenters. The molecule has 0 bridgehead atoms. The van der Waals surface area contributed by atoms with Crippen molar-refractivity contribution in [3.05, 3.63) is 64.2 Å². The minimum Gasteiger partial charge on any atom is -0.507 e. The van der Waals surface area contributed by atoms with Gasteiger partial charge in [-0.1, -0.05) is 17.7 Å². The number of aliphatic hydroxyl groups is 1. The third-order valence-corrected chi connectivity index (χ3v) is 6.69. The Kier molecular flexibility index (Phi) is 8.51. The molecule has 192 valence electrons.